The Bertz CT molecular complexity index is 435. The summed E-state index contributed by atoms with van der Waals surface area (Å²) in [6.45, 7) is 0. The summed E-state index contributed by atoms with van der Waals surface area (Å²) in [5.41, 5.74) is -0.485. The summed E-state index contributed by atoms with van der Waals surface area (Å²) in [5.74, 6) is 0.338. The fraction of sp³-hybridized carbons (Fsp3) is 0.500. The first-order valence-electron chi connectivity index (χ1n) is 5.33. The summed E-state index contributed by atoms with van der Waals surface area (Å²) in [5, 5.41) is 0. The van der Waals surface area contributed by atoms with Gasteiger partial charge in [0, 0.05) is 0 Å². The maximum Gasteiger partial charge on any atom is 0.419 e. The van der Waals surface area contributed by atoms with Crippen molar-refractivity contribution in [3.63, 3.8) is 0 Å². The fourth-order valence-electron chi connectivity index (χ4n) is 2.71. The average Bonchev–Trinajstić information content (AvgIpc) is 2.78. The molecule has 1 aromatic carbocycles. The van der Waals surface area contributed by atoms with Gasteiger partial charge in [-0.05, 0) is 48.3 Å². The zero-order valence-corrected chi connectivity index (χ0v) is 8.39. The molecule has 0 heterocycles. The van der Waals surface area contributed by atoms with Crippen molar-refractivity contribution in [1.29, 1.82) is 0 Å². The van der Waals surface area contributed by atoms with E-state index in [2.05, 4.69) is 0 Å². The Morgan fingerprint density at radius 2 is 1.88 bits per heavy atom. The highest BCUT2D eigenvalue weighted by Gasteiger charge is 2.53. The van der Waals surface area contributed by atoms with Gasteiger partial charge in [0.2, 0.25) is 0 Å². The van der Waals surface area contributed by atoms with Crippen molar-refractivity contribution < 1.29 is 17.6 Å². The third-order valence-electron chi connectivity index (χ3n) is 3.77. The molecule has 2 aliphatic carbocycles. The van der Waals surface area contributed by atoms with Crippen molar-refractivity contribution in [2.75, 3.05) is 0 Å². The molecule has 0 saturated heterocycles. The van der Waals surface area contributed by atoms with Crippen LogP contribution < -0.4 is 0 Å². The van der Waals surface area contributed by atoms with Gasteiger partial charge in [-0.25, -0.2) is 4.39 Å². The van der Waals surface area contributed by atoms with Crippen molar-refractivity contribution in [2.45, 2.75) is 24.9 Å². The number of benzene rings is 1. The minimum absolute atomic E-state index is 0.228. The topological polar surface area (TPSA) is 0 Å². The second kappa shape index (κ2) is 2.99. The van der Waals surface area contributed by atoms with Crippen molar-refractivity contribution >= 4 is 0 Å². The molecule has 0 aromatic heterocycles. The lowest BCUT2D eigenvalue weighted by Gasteiger charge is -2.26. The Labute approximate surface area is 90.3 Å². The Hall–Kier alpha value is -1.06. The van der Waals surface area contributed by atoms with Gasteiger partial charge >= 0.3 is 6.18 Å². The second-order valence-electron chi connectivity index (χ2n) is 4.74. The standard InChI is InChI=1S/C12H10F4/c13-11-2-1-6(5-10(11)12(14,15)16)8-3-7-4-9(7)8/h1-2,5,7-9H,3-4H2. The third kappa shape index (κ3) is 1.43. The van der Waals surface area contributed by atoms with Gasteiger partial charge in [-0.1, -0.05) is 6.07 Å². The molecule has 2 aliphatic rings. The number of hydrogen-bond donors (Lipinski definition) is 0. The van der Waals surface area contributed by atoms with E-state index in [1.165, 1.54) is 6.07 Å². The number of alkyl halides is 3. The van der Waals surface area contributed by atoms with Crippen LogP contribution in [-0.2, 0) is 6.18 Å². The van der Waals surface area contributed by atoms with Crippen molar-refractivity contribution in [1.82, 2.24) is 0 Å². The average molecular weight is 230 g/mol. The monoisotopic (exact) mass is 230 g/mol. The highest BCUT2D eigenvalue weighted by atomic mass is 19.4. The molecule has 1 aromatic rings. The molecule has 0 radical (unpaired) electrons. The van der Waals surface area contributed by atoms with Crippen LogP contribution in [-0.4, -0.2) is 0 Å². The minimum atomic E-state index is -4.59. The SMILES string of the molecule is Fc1ccc(C2CC3CC32)cc1C(F)(F)F. The Morgan fingerprint density at radius 3 is 2.38 bits per heavy atom. The molecule has 0 N–H and O–H groups in total. The van der Waals surface area contributed by atoms with E-state index < -0.39 is 17.6 Å². The predicted octanol–water partition coefficient (Wildman–Crippen LogP) is 3.97. The van der Waals surface area contributed by atoms with E-state index in [1.54, 1.807) is 0 Å². The molecule has 0 aliphatic heterocycles. The summed E-state index contributed by atoms with van der Waals surface area (Å²) >= 11 is 0. The lowest BCUT2D eigenvalue weighted by molar-refractivity contribution is -0.140. The Balaban J connectivity index is 1.95. The van der Waals surface area contributed by atoms with E-state index in [1.807, 2.05) is 0 Å². The van der Waals surface area contributed by atoms with Crippen LogP contribution in [0.5, 0.6) is 0 Å². The van der Waals surface area contributed by atoms with Gasteiger partial charge in [0.1, 0.15) is 5.82 Å². The van der Waals surface area contributed by atoms with Gasteiger partial charge in [0.25, 0.3) is 0 Å². The van der Waals surface area contributed by atoms with E-state index in [0.717, 1.165) is 30.9 Å². The van der Waals surface area contributed by atoms with E-state index in [9.17, 15) is 17.6 Å². The molecule has 0 spiro atoms. The summed E-state index contributed by atoms with van der Waals surface area (Å²) in [6, 6.07) is 3.41. The largest absolute Gasteiger partial charge is 0.419 e. The van der Waals surface area contributed by atoms with Crippen LogP contribution in [0.25, 0.3) is 0 Å². The summed E-state index contributed by atoms with van der Waals surface area (Å²) in [7, 11) is 0. The highest BCUT2D eigenvalue weighted by Crippen LogP contribution is 2.64. The van der Waals surface area contributed by atoms with Crippen molar-refractivity contribution in [2.24, 2.45) is 11.8 Å². The normalized spacial score (nSPS) is 31.9. The van der Waals surface area contributed by atoms with Crippen LogP contribution in [0.4, 0.5) is 17.6 Å². The molecule has 2 saturated carbocycles. The van der Waals surface area contributed by atoms with Gasteiger partial charge in [0.05, 0.1) is 5.56 Å². The molecule has 3 unspecified atom stereocenters. The molecule has 3 rings (SSSR count). The highest BCUT2D eigenvalue weighted by molar-refractivity contribution is 5.33. The van der Waals surface area contributed by atoms with Gasteiger partial charge in [-0.3, -0.25) is 0 Å². The smallest absolute Gasteiger partial charge is 0.206 e. The maximum absolute atomic E-state index is 13.0. The van der Waals surface area contributed by atoms with Crippen molar-refractivity contribution in [3.05, 3.63) is 35.1 Å². The van der Waals surface area contributed by atoms with Crippen LogP contribution in [0.2, 0.25) is 0 Å². The lowest BCUT2D eigenvalue weighted by atomic mass is 9.79. The molecular weight excluding hydrogens is 220 g/mol. The molecule has 4 heteroatoms. The van der Waals surface area contributed by atoms with E-state index in [0.29, 0.717) is 11.5 Å². The van der Waals surface area contributed by atoms with E-state index >= 15 is 0 Å². The first-order chi connectivity index (χ1) is 7.47. The summed E-state index contributed by atoms with van der Waals surface area (Å²) in [6.07, 6.45) is -2.50. The van der Waals surface area contributed by atoms with Crippen LogP contribution in [0.1, 0.15) is 29.9 Å². The molecule has 0 amide bonds. The molecule has 0 nitrogen and oxygen atoms in total. The first-order valence-corrected chi connectivity index (χ1v) is 5.33. The van der Waals surface area contributed by atoms with Crippen LogP contribution in [0, 0.1) is 17.7 Å². The molecule has 0 bridgehead atoms. The maximum atomic E-state index is 13.0. The molecule has 2 fully saturated rings. The van der Waals surface area contributed by atoms with Gasteiger partial charge < -0.3 is 0 Å². The number of halogens is 4. The number of fused-ring (bicyclic) bond motifs is 1. The van der Waals surface area contributed by atoms with E-state index in [4.69, 9.17) is 0 Å². The Morgan fingerprint density at radius 1 is 1.12 bits per heavy atom. The molecule has 16 heavy (non-hydrogen) atoms. The molecule has 3 atom stereocenters. The van der Waals surface area contributed by atoms with Crippen LogP contribution in [0.15, 0.2) is 18.2 Å². The summed E-state index contributed by atoms with van der Waals surface area (Å²) in [4.78, 5) is 0. The summed E-state index contributed by atoms with van der Waals surface area (Å²) < 4.78 is 50.5. The van der Waals surface area contributed by atoms with Gasteiger partial charge in [-0.2, -0.15) is 13.2 Å². The lowest BCUT2D eigenvalue weighted by Crippen LogP contribution is -2.15. The van der Waals surface area contributed by atoms with Crippen molar-refractivity contribution in [3.8, 4) is 0 Å². The Kier molecular flexibility index (Phi) is 1.89. The van der Waals surface area contributed by atoms with Gasteiger partial charge in [0.15, 0.2) is 0 Å². The predicted molar refractivity (Wildman–Crippen MR) is 50.4 cm³/mol. The number of rotatable bonds is 1. The van der Waals surface area contributed by atoms with Crippen LogP contribution in [0.3, 0.4) is 0 Å². The first kappa shape index (κ1) is 10.1. The third-order valence-corrected chi connectivity index (χ3v) is 3.77. The molecule has 86 valence electrons. The van der Waals surface area contributed by atoms with E-state index in [-0.39, 0.29) is 5.92 Å². The number of hydrogen-bond acceptors (Lipinski definition) is 0. The van der Waals surface area contributed by atoms with Crippen LogP contribution >= 0.6 is 0 Å². The molecular formula is C12H10F4. The zero-order valence-electron chi connectivity index (χ0n) is 8.39. The zero-order chi connectivity index (χ0) is 11.5. The quantitative estimate of drug-likeness (QED) is 0.640. The minimum Gasteiger partial charge on any atom is -0.206 e. The fourth-order valence-corrected chi connectivity index (χ4v) is 2.71. The van der Waals surface area contributed by atoms with Gasteiger partial charge in [-0.15, -0.1) is 0 Å². The second-order valence-corrected chi connectivity index (χ2v) is 4.74.